The fourth-order valence-electron chi connectivity index (χ4n) is 5.10. The van der Waals surface area contributed by atoms with Gasteiger partial charge in [-0.05, 0) is 81.1 Å². The van der Waals surface area contributed by atoms with E-state index >= 15 is 0 Å². The Kier molecular flexibility index (Phi) is 4.71. The Hall–Kier alpha value is -0.200. The van der Waals surface area contributed by atoms with Crippen molar-refractivity contribution in [3.63, 3.8) is 0 Å². The van der Waals surface area contributed by atoms with E-state index in [1.807, 2.05) is 55.4 Å². The maximum absolute atomic E-state index is 12.5. The average molecular weight is 325 g/mol. The molecule has 0 bridgehead atoms. The molecule has 0 amide bonds. The van der Waals surface area contributed by atoms with Gasteiger partial charge >= 0.3 is 0 Å². The third-order valence-electron chi connectivity index (χ3n) is 5.65. The van der Waals surface area contributed by atoms with Gasteiger partial charge < -0.3 is 5.32 Å². The molecule has 2 fully saturated rings. The lowest BCUT2D eigenvalue weighted by Crippen LogP contribution is -2.66. The van der Waals surface area contributed by atoms with Gasteiger partial charge in [0.25, 0.3) is 0 Å². The van der Waals surface area contributed by atoms with Crippen LogP contribution in [0.4, 0.5) is 0 Å². The predicted molar refractivity (Wildman–Crippen MR) is 90.5 cm³/mol. The maximum atomic E-state index is 12.5. The van der Waals surface area contributed by atoms with Gasteiger partial charge in [0.05, 0.1) is 0 Å². The Morgan fingerprint density at radius 2 is 0.826 bits per heavy atom. The summed E-state index contributed by atoms with van der Waals surface area (Å²) in [6.07, 6.45) is 3.38. The van der Waals surface area contributed by atoms with Gasteiger partial charge in [0, 0.05) is 34.2 Å². The number of hydrogen-bond acceptors (Lipinski definition) is 3. The first-order chi connectivity index (χ1) is 10.2. The summed E-state index contributed by atoms with van der Waals surface area (Å²) in [7, 11) is 0. The number of rotatable bonds is 2. The van der Waals surface area contributed by atoms with Crippen LogP contribution in [0.3, 0.4) is 0 Å². The highest BCUT2D eigenvalue weighted by Gasteiger charge is 2.49. The molecule has 0 aromatic rings. The molecule has 0 aromatic carbocycles. The van der Waals surface area contributed by atoms with Gasteiger partial charge in [-0.15, -0.1) is 20.5 Å². The number of hydroxylamine groups is 4. The van der Waals surface area contributed by atoms with Gasteiger partial charge in [0.1, 0.15) is 0 Å². The topological polar surface area (TPSA) is 58.3 Å². The van der Waals surface area contributed by atoms with Crippen LogP contribution in [0.1, 0.15) is 81.1 Å². The summed E-state index contributed by atoms with van der Waals surface area (Å²) in [6, 6.07) is 0.639. The van der Waals surface area contributed by atoms with Crippen molar-refractivity contribution >= 4 is 0 Å². The zero-order chi connectivity index (χ0) is 17.8. The van der Waals surface area contributed by atoms with E-state index in [1.54, 1.807) is 0 Å². The van der Waals surface area contributed by atoms with Gasteiger partial charge in [-0.25, -0.2) is 0 Å². The van der Waals surface area contributed by atoms with Crippen LogP contribution >= 0.6 is 0 Å². The van der Waals surface area contributed by atoms with Crippen molar-refractivity contribution in [3.8, 4) is 0 Å². The van der Waals surface area contributed by atoms with Crippen LogP contribution in [0.2, 0.25) is 0 Å². The molecule has 2 radical (unpaired) electrons. The second-order valence-corrected chi connectivity index (χ2v) is 10.2. The van der Waals surface area contributed by atoms with E-state index in [0.717, 1.165) is 25.7 Å². The first-order valence-corrected chi connectivity index (χ1v) is 8.88. The second kappa shape index (κ2) is 5.67. The molecule has 0 atom stereocenters. The van der Waals surface area contributed by atoms with Gasteiger partial charge in [0.15, 0.2) is 0 Å². The minimum atomic E-state index is -0.357. The van der Waals surface area contributed by atoms with Crippen LogP contribution in [-0.2, 0) is 10.4 Å². The third-order valence-corrected chi connectivity index (χ3v) is 5.65. The van der Waals surface area contributed by atoms with E-state index in [0.29, 0.717) is 12.1 Å². The van der Waals surface area contributed by atoms with Gasteiger partial charge in [-0.1, -0.05) is 0 Å². The molecule has 0 unspecified atom stereocenters. The van der Waals surface area contributed by atoms with Crippen molar-refractivity contribution in [1.82, 2.24) is 15.4 Å². The van der Waals surface area contributed by atoms with E-state index in [2.05, 4.69) is 5.32 Å². The fraction of sp³-hybridized carbons (Fsp3) is 1.00. The molecule has 0 saturated carbocycles. The fourth-order valence-corrected chi connectivity index (χ4v) is 5.10. The largest absolute Gasteiger partial charge is 0.311 e. The molecule has 0 aromatic heterocycles. The smallest absolute Gasteiger partial charge is 0.0458 e. The molecule has 0 aliphatic carbocycles. The highest BCUT2D eigenvalue weighted by Crippen LogP contribution is 2.40. The number of nitrogens with one attached hydrogen (secondary N) is 1. The first kappa shape index (κ1) is 19.1. The van der Waals surface area contributed by atoms with E-state index in [1.165, 1.54) is 10.1 Å². The molecular weight excluding hydrogens is 290 g/mol. The standard InChI is InChI=1S/C18H35N3O2/c1-15(2)9-13(10-16(3,4)20(15)22)19-14-11-17(5,6)21(23)18(7,8)12-14/h13-14,19H,9-12H2,1-8H3. The molecule has 2 aliphatic heterocycles. The van der Waals surface area contributed by atoms with E-state index < -0.39 is 0 Å². The summed E-state index contributed by atoms with van der Waals surface area (Å²) < 4.78 is 0. The van der Waals surface area contributed by atoms with Crippen LogP contribution in [-0.4, -0.2) is 44.4 Å². The highest BCUT2D eigenvalue weighted by atomic mass is 16.5. The van der Waals surface area contributed by atoms with Crippen LogP contribution in [0.5, 0.6) is 0 Å². The van der Waals surface area contributed by atoms with Crippen molar-refractivity contribution in [2.24, 2.45) is 0 Å². The Balaban J connectivity index is 2.10. The summed E-state index contributed by atoms with van der Waals surface area (Å²) in [5.74, 6) is 0. The molecule has 1 N–H and O–H groups in total. The quantitative estimate of drug-likeness (QED) is 0.847. The highest BCUT2D eigenvalue weighted by molar-refractivity contribution is 5.03. The number of hydrogen-bond donors (Lipinski definition) is 1. The SMILES string of the molecule is CC1(C)CC(NC2CC(C)(C)N([O])C(C)(C)C2)CC(C)(C)N1[O]. The first-order valence-electron chi connectivity index (χ1n) is 8.88. The lowest BCUT2D eigenvalue weighted by Gasteiger charge is -2.53. The zero-order valence-electron chi connectivity index (χ0n) is 16.2. The molecule has 2 heterocycles. The summed E-state index contributed by atoms with van der Waals surface area (Å²) in [4.78, 5) is 0. The van der Waals surface area contributed by atoms with Crippen molar-refractivity contribution < 1.29 is 10.4 Å². The molecule has 5 heteroatoms. The summed E-state index contributed by atoms with van der Waals surface area (Å²) in [6.45, 7) is 16.3. The van der Waals surface area contributed by atoms with Crippen molar-refractivity contribution in [2.75, 3.05) is 0 Å². The lowest BCUT2D eigenvalue weighted by molar-refractivity contribution is -0.296. The molecule has 23 heavy (non-hydrogen) atoms. The summed E-state index contributed by atoms with van der Waals surface area (Å²) in [5, 5.41) is 31.3. The zero-order valence-corrected chi connectivity index (χ0v) is 16.2. The van der Waals surface area contributed by atoms with Crippen molar-refractivity contribution in [2.45, 2.75) is 115 Å². The van der Waals surface area contributed by atoms with Gasteiger partial charge in [-0.3, -0.25) is 0 Å². The number of piperidine rings is 2. The minimum Gasteiger partial charge on any atom is -0.311 e. The van der Waals surface area contributed by atoms with Crippen LogP contribution in [0.15, 0.2) is 0 Å². The van der Waals surface area contributed by atoms with Crippen molar-refractivity contribution in [3.05, 3.63) is 0 Å². The predicted octanol–water partition coefficient (Wildman–Crippen LogP) is 3.31. The normalized spacial score (nSPS) is 32.1. The van der Waals surface area contributed by atoms with Crippen LogP contribution < -0.4 is 5.32 Å². The Morgan fingerprint density at radius 3 is 1.04 bits per heavy atom. The van der Waals surface area contributed by atoms with Crippen molar-refractivity contribution in [1.29, 1.82) is 0 Å². The molecule has 2 saturated heterocycles. The van der Waals surface area contributed by atoms with E-state index in [-0.39, 0.29) is 22.2 Å². The third kappa shape index (κ3) is 3.74. The molecule has 2 aliphatic rings. The monoisotopic (exact) mass is 325 g/mol. The molecule has 5 nitrogen and oxygen atoms in total. The molecule has 134 valence electrons. The second-order valence-electron chi connectivity index (χ2n) is 10.2. The maximum Gasteiger partial charge on any atom is 0.0458 e. The van der Waals surface area contributed by atoms with E-state index in [9.17, 15) is 10.4 Å². The van der Waals surface area contributed by atoms with Gasteiger partial charge in [-0.2, -0.15) is 0 Å². The Bertz CT molecular complexity index is 370. The van der Waals surface area contributed by atoms with Gasteiger partial charge in [0.2, 0.25) is 0 Å². The van der Waals surface area contributed by atoms with E-state index in [4.69, 9.17) is 0 Å². The summed E-state index contributed by atoms with van der Waals surface area (Å²) >= 11 is 0. The average Bonchev–Trinajstić information content (AvgIpc) is 2.31. The summed E-state index contributed by atoms with van der Waals surface area (Å²) in [5.41, 5.74) is -1.43. The lowest BCUT2D eigenvalue weighted by atomic mass is 9.76. The molecular formula is C18H35N3O2. The minimum absolute atomic E-state index is 0.319. The Morgan fingerprint density at radius 1 is 0.609 bits per heavy atom. The van der Waals surface area contributed by atoms with Crippen LogP contribution in [0, 0.1) is 0 Å². The Labute approximate surface area is 141 Å². The molecule has 0 spiro atoms. The molecule has 2 rings (SSSR count). The van der Waals surface area contributed by atoms with Crippen LogP contribution in [0.25, 0.3) is 0 Å². The number of nitrogens with zero attached hydrogens (tertiary/aromatic N) is 2.